The van der Waals surface area contributed by atoms with Crippen molar-refractivity contribution in [2.24, 2.45) is 0 Å². The van der Waals surface area contributed by atoms with Gasteiger partial charge < -0.3 is 19.5 Å². The van der Waals surface area contributed by atoms with Crippen molar-refractivity contribution in [1.82, 2.24) is 4.90 Å². The number of hydrogen-bond donors (Lipinski definition) is 1. The monoisotopic (exact) mass is 319 g/mol. The van der Waals surface area contributed by atoms with Crippen LogP contribution in [0.2, 0.25) is 0 Å². The number of aliphatic hydroxyl groups is 1. The van der Waals surface area contributed by atoms with Gasteiger partial charge in [0, 0.05) is 19.7 Å². The molecule has 23 heavy (non-hydrogen) atoms. The first kappa shape index (κ1) is 16.4. The molecule has 2 fully saturated rings. The third-order valence-corrected chi connectivity index (χ3v) is 4.92. The van der Waals surface area contributed by atoms with Gasteiger partial charge in [-0.15, -0.1) is 0 Å². The molecule has 0 radical (unpaired) electrons. The van der Waals surface area contributed by atoms with Crippen LogP contribution >= 0.6 is 0 Å². The highest BCUT2D eigenvalue weighted by Crippen LogP contribution is 2.35. The number of likely N-dealkylation sites (tertiary alicyclic amines) is 1. The number of carbonyl (C=O) groups excluding carboxylic acids is 1. The third-order valence-electron chi connectivity index (χ3n) is 4.92. The first-order valence-corrected chi connectivity index (χ1v) is 8.41. The summed E-state index contributed by atoms with van der Waals surface area (Å²) in [4.78, 5) is 14.1. The highest BCUT2D eigenvalue weighted by molar-refractivity contribution is 5.77. The maximum Gasteiger partial charge on any atom is 0.248 e. The molecule has 2 aliphatic rings. The first-order chi connectivity index (χ1) is 11.2. The van der Waals surface area contributed by atoms with Gasteiger partial charge in [-0.05, 0) is 31.2 Å². The molecule has 5 heteroatoms. The van der Waals surface area contributed by atoms with Crippen LogP contribution in [0.5, 0.6) is 0 Å². The molecule has 0 aliphatic carbocycles. The van der Waals surface area contributed by atoms with E-state index in [1.165, 1.54) is 0 Å². The summed E-state index contributed by atoms with van der Waals surface area (Å²) >= 11 is 0. The molecule has 1 spiro atoms. The zero-order chi connectivity index (χ0) is 16.1. The molecule has 1 aromatic carbocycles. The zero-order valence-corrected chi connectivity index (χ0v) is 13.4. The van der Waals surface area contributed by atoms with Gasteiger partial charge in [0.1, 0.15) is 6.61 Å². The van der Waals surface area contributed by atoms with Gasteiger partial charge in [-0.2, -0.15) is 0 Å². The van der Waals surface area contributed by atoms with Crippen LogP contribution in [0.3, 0.4) is 0 Å². The van der Waals surface area contributed by atoms with Crippen molar-refractivity contribution in [1.29, 1.82) is 0 Å². The fourth-order valence-corrected chi connectivity index (χ4v) is 3.45. The van der Waals surface area contributed by atoms with E-state index in [9.17, 15) is 9.90 Å². The maximum absolute atomic E-state index is 12.2. The van der Waals surface area contributed by atoms with Crippen molar-refractivity contribution in [2.75, 3.05) is 26.3 Å². The molecular formula is C18H25NO4. The van der Waals surface area contributed by atoms with E-state index in [4.69, 9.17) is 9.47 Å². The van der Waals surface area contributed by atoms with E-state index in [0.717, 1.165) is 18.4 Å². The molecule has 1 atom stereocenters. The van der Waals surface area contributed by atoms with Gasteiger partial charge in [0.05, 0.1) is 18.3 Å². The summed E-state index contributed by atoms with van der Waals surface area (Å²) in [6, 6.07) is 9.84. The standard InChI is InChI=1S/C18H25NO4/c20-16-7-4-12-23-18(16)8-10-19(11-9-18)17(21)14-22-13-15-5-2-1-3-6-15/h1-3,5-6,16,20H,4,7-14H2. The second-order valence-electron chi connectivity index (χ2n) is 6.43. The Hall–Kier alpha value is -1.43. The summed E-state index contributed by atoms with van der Waals surface area (Å²) in [5.74, 6) is 0.0149. The number of benzene rings is 1. The van der Waals surface area contributed by atoms with E-state index in [1.807, 2.05) is 35.2 Å². The summed E-state index contributed by atoms with van der Waals surface area (Å²) in [5, 5.41) is 10.2. The van der Waals surface area contributed by atoms with Gasteiger partial charge >= 0.3 is 0 Å². The lowest BCUT2D eigenvalue weighted by molar-refractivity contribution is -0.180. The number of aliphatic hydroxyl groups excluding tert-OH is 1. The molecule has 2 saturated heterocycles. The summed E-state index contributed by atoms with van der Waals surface area (Å²) in [5.41, 5.74) is 0.636. The summed E-state index contributed by atoms with van der Waals surface area (Å²) < 4.78 is 11.4. The van der Waals surface area contributed by atoms with Crippen LogP contribution in [0.15, 0.2) is 30.3 Å². The average molecular weight is 319 g/mol. The molecular weight excluding hydrogens is 294 g/mol. The Bertz CT molecular complexity index is 511. The summed E-state index contributed by atoms with van der Waals surface area (Å²) in [7, 11) is 0. The van der Waals surface area contributed by atoms with Gasteiger partial charge in [0.15, 0.2) is 0 Å². The minimum absolute atomic E-state index is 0.0149. The molecule has 126 valence electrons. The number of nitrogens with zero attached hydrogens (tertiary/aromatic N) is 1. The summed E-state index contributed by atoms with van der Waals surface area (Å²) in [6.07, 6.45) is 2.73. The lowest BCUT2D eigenvalue weighted by Gasteiger charge is -2.46. The zero-order valence-electron chi connectivity index (χ0n) is 13.4. The second-order valence-corrected chi connectivity index (χ2v) is 6.43. The Morgan fingerprint density at radius 2 is 2.04 bits per heavy atom. The minimum Gasteiger partial charge on any atom is -0.390 e. The number of rotatable bonds is 4. The molecule has 5 nitrogen and oxygen atoms in total. The van der Waals surface area contributed by atoms with Crippen LogP contribution < -0.4 is 0 Å². The van der Waals surface area contributed by atoms with Crippen LogP contribution in [0.25, 0.3) is 0 Å². The van der Waals surface area contributed by atoms with Crippen LogP contribution in [0, 0.1) is 0 Å². The second kappa shape index (κ2) is 7.43. The summed E-state index contributed by atoms with van der Waals surface area (Å²) in [6.45, 7) is 2.53. The Morgan fingerprint density at radius 3 is 2.74 bits per heavy atom. The number of piperidine rings is 1. The molecule has 1 amide bonds. The van der Waals surface area contributed by atoms with E-state index in [1.54, 1.807) is 0 Å². The van der Waals surface area contributed by atoms with E-state index >= 15 is 0 Å². The first-order valence-electron chi connectivity index (χ1n) is 8.41. The van der Waals surface area contributed by atoms with E-state index in [0.29, 0.717) is 39.1 Å². The Labute approximate surface area is 137 Å². The third kappa shape index (κ3) is 3.91. The average Bonchev–Trinajstić information content (AvgIpc) is 2.59. The van der Waals surface area contributed by atoms with Crippen molar-refractivity contribution in [3.63, 3.8) is 0 Å². The Kier molecular flexibility index (Phi) is 5.30. The highest BCUT2D eigenvalue weighted by Gasteiger charge is 2.44. The van der Waals surface area contributed by atoms with Gasteiger partial charge in [0.2, 0.25) is 5.91 Å². The smallest absolute Gasteiger partial charge is 0.248 e. The molecule has 2 heterocycles. The Balaban J connectivity index is 1.43. The maximum atomic E-state index is 12.2. The van der Waals surface area contributed by atoms with E-state index in [2.05, 4.69) is 0 Å². The molecule has 0 saturated carbocycles. The van der Waals surface area contributed by atoms with Crippen molar-refractivity contribution in [3.8, 4) is 0 Å². The highest BCUT2D eigenvalue weighted by atomic mass is 16.5. The molecule has 1 unspecified atom stereocenters. The SMILES string of the molecule is O=C(COCc1ccccc1)N1CCC2(CC1)OCCCC2O. The fourth-order valence-electron chi connectivity index (χ4n) is 3.45. The topological polar surface area (TPSA) is 59.0 Å². The van der Waals surface area contributed by atoms with Crippen LogP contribution in [0.4, 0.5) is 0 Å². The lowest BCUT2D eigenvalue weighted by atomic mass is 9.82. The molecule has 2 aliphatic heterocycles. The molecule has 0 aromatic heterocycles. The van der Waals surface area contributed by atoms with Crippen molar-refractivity contribution in [2.45, 2.75) is 44.0 Å². The number of carbonyl (C=O) groups is 1. The van der Waals surface area contributed by atoms with Crippen molar-refractivity contribution < 1.29 is 19.4 Å². The van der Waals surface area contributed by atoms with Gasteiger partial charge in [-0.3, -0.25) is 4.79 Å². The minimum atomic E-state index is -0.431. The Morgan fingerprint density at radius 1 is 1.30 bits per heavy atom. The molecule has 0 bridgehead atoms. The van der Waals surface area contributed by atoms with Crippen molar-refractivity contribution in [3.05, 3.63) is 35.9 Å². The number of amides is 1. The van der Waals surface area contributed by atoms with Crippen LogP contribution in [-0.2, 0) is 20.9 Å². The number of hydrogen-bond acceptors (Lipinski definition) is 4. The molecule has 1 N–H and O–H groups in total. The van der Waals surface area contributed by atoms with Crippen LogP contribution in [0.1, 0.15) is 31.2 Å². The van der Waals surface area contributed by atoms with Crippen LogP contribution in [-0.4, -0.2) is 53.9 Å². The predicted octanol–water partition coefficient (Wildman–Crippen LogP) is 1.74. The van der Waals surface area contributed by atoms with Gasteiger partial charge in [0.25, 0.3) is 0 Å². The normalized spacial score (nSPS) is 23.9. The van der Waals surface area contributed by atoms with Gasteiger partial charge in [-0.1, -0.05) is 30.3 Å². The molecule has 3 rings (SSSR count). The fraction of sp³-hybridized carbons (Fsp3) is 0.611. The van der Waals surface area contributed by atoms with Gasteiger partial charge in [-0.25, -0.2) is 0 Å². The quantitative estimate of drug-likeness (QED) is 0.918. The van der Waals surface area contributed by atoms with E-state index < -0.39 is 11.7 Å². The molecule has 1 aromatic rings. The predicted molar refractivity (Wildman–Crippen MR) is 85.8 cm³/mol. The van der Waals surface area contributed by atoms with Crippen molar-refractivity contribution >= 4 is 5.91 Å². The van der Waals surface area contributed by atoms with E-state index in [-0.39, 0.29) is 12.5 Å². The number of ether oxygens (including phenoxy) is 2. The lowest BCUT2D eigenvalue weighted by Crippen LogP contribution is -2.56. The largest absolute Gasteiger partial charge is 0.390 e.